The molecule has 6 heteroatoms. The Morgan fingerprint density at radius 2 is 1.34 bits per heavy atom. The Hall–Kier alpha value is -4.42. The third-order valence-electron chi connectivity index (χ3n) is 6.82. The molecule has 0 aromatic heterocycles. The van der Waals surface area contributed by atoms with E-state index in [1.807, 2.05) is 115 Å². The number of rotatable bonds is 5. The molecule has 38 heavy (non-hydrogen) atoms. The van der Waals surface area contributed by atoms with Gasteiger partial charge in [0.1, 0.15) is 11.4 Å². The van der Waals surface area contributed by atoms with Crippen molar-refractivity contribution in [2.75, 3.05) is 16.9 Å². The minimum atomic E-state index is -0.477. The first-order valence-electron chi connectivity index (χ1n) is 12.2. The molecule has 0 bridgehead atoms. The maximum Gasteiger partial charge on any atom is 0.276 e. The summed E-state index contributed by atoms with van der Waals surface area (Å²) in [5.41, 5.74) is 4.76. The van der Waals surface area contributed by atoms with Gasteiger partial charge in [0, 0.05) is 27.0 Å². The predicted octanol–water partition coefficient (Wildman–Crippen LogP) is 6.93. The van der Waals surface area contributed by atoms with Crippen LogP contribution in [0.4, 0.5) is 11.4 Å². The van der Waals surface area contributed by atoms with Gasteiger partial charge in [0.15, 0.2) is 0 Å². The number of hydrogen-bond donors (Lipinski definition) is 0. The summed E-state index contributed by atoms with van der Waals surface area (Å²) in [6.07, 6.45) is 1.87. The van der Waals surface area contributed by atoms with Crippen LogP contribution in [0.1, 0.15) is 17.2 Å². The summed E-state index contributed by atoms with van der Waals surface area (Å²) < 4.78 is 6.24. The number of amides is 2. The van der Waals surface area contributed by atoms with Crippen LogP contribution in [-0.4, -0.2) is 18.9 Å². The fraction of sp³-hybridized carbons (Fsp3) is 0.0625. The van der Waals surface area contributed by atoms with Crippen molar-refractivity contribution in [1.82, 2.24) is 0 Å². The molecule has 2 aliphatic rings. The first-order valence-corrected chi connectivity index (χ1v) is 13.0. The molecule has 0 saturated heterocycles. The Morgan fingerprint density at radius 3 is 1.95 bits per heavy atom. The number of carbonyl (C=O) groups is 2. The molecule has 1 atom stereocenters. The Kier molecular flexibility index (Phi) is 6.18. The van der Waals surface area contributed by atoms with E-state index in [2.05, 4.69) is 15.9 Å². The zero-order valence-corrected chi connectivity index (χ0v) is 22.1. The highest BCUT2D eigenvalue weighted by atomic mass is 79.9. The minimum absolute atomic E-state index is 0.213. The van der Waals surface area contributed by atoms with Crippen LogP contribution in [-0.2, 0) is 9.59 Å². The molecule has 186 valence electrons. The lowest BCUT2D eigenvalue weighted by molar-refractivity contribution is -0.118. The van der Waals surface area contributed by atoms with Crippen LogP contribution in [0.5, 0.6) is 5.75 Å². The molecule has 0 unspecified atom stereocenters. The molecule has 0 fully saturated rings. The van der Waals surface area contributed by atoms with E-state index in [1.165, 1.54) is 0 Å². The van der Waals surface area contributed by atoms with Crippen molar-refractivity contribution in [3.8, 4) is 5.75 Å². The molecule has 2 amide bonds. The highest BCUT2D eigenvalue weighted by Crippen LogP contribution is 2.50. The summed E-state index contributed by atoms with van der Waals surface area (Å²) in [4.78, 5) is 31.7. The van der Waals surface area contributed by atoms with Crippen molar-refractivity contribution in [2.24, 2.45) is 0 Å². The molecule has 0 N–H and O–H groups in total. The van der Waals surface area contributed by atoms with E-state index in [1.54, 1.807) is 16.9 Å². The summed E-state index contributed by atoms with van der Waals surface area (Å²) in [6, 6.07) is 33.9. The summed E-state index contributed by atoms with van der Waals surface area (Å²) in [5, 5.41) is 0. The number of carbonyl (C=O) groups excluding carboxylic acids is 2. The lowest BCUT2D eigenvalue weighted by Crippen LogP contribution is -2.38. The van der Waals surface area contributed by atoms with Gasteiger partial charge in [0.05, 0.1) is 13.2 Å². The molecule has 4 aromatic rings. The second-order valence-corrected chi connectivity index (χ2v) is 9.95. The van der Waals surface area contributed by atoms with Crippen LogP contribution in [0.15, 0.2) is 131 Å². The van der Waals surface area contributed by atoms with Gasteiger partial charge in [-0.05, 0) is 65.7 Å². The van der Waals surface area contributed by atoms with Gasteiger partial charge in [-0.25, -0.2) is 0 Å². The zero-order valence-electron chi connectivity index (χ0n) is 20.5. The topological polar surface area (TPSA) is 49.9 Å². The van der Waals surface area contributed by atoms with E-state index in [0.29, 0.717) is 22.5 Å². The van der Waals surface area contributed by atoms with E-state index in [0.717, 1.165) is 27.0 Å². The molecule has 2 heterocycles. The Morgan fingerprint density at radius 1 is 0.737 bits per heavy atom. The van der Waals surface area contributed by atoms with Gasteiger partial charge in [-0.15, -0.1) is 0 Å². The van der Waals surface area contributed by atoms with Crippen molar-refractivity contribution in [3.05, 3.63) is 142 Å². The van der Waals surface area contributed by atoms with Gasteiger partial charge in [0.25, 0.3) is 11.8 Å². The van der Waals surface area contributed by atoms with E-state index in [4.69, 9.17) is 4.74 Å². The molecule has 4 aromatic carbocycles. The van der Waals surface area contributed by atoms with Crippen LogP contribution < -0.4 is 14.5 Å². The number of hydrogen-bond acceptors (Lipinski definition) is 3. The molecular formula is C32H23BrN2O3. The zero-order chi connectivity index (χ0) is 26.2. The van der Waals surface area contributed by atoms with Gasteiger partial charge in [-0.3, -0.25) is 19.4 Å². The highest BCUT2D eigenvalue weighted by molar-refractivity contribution is 9.10. The first-order chi connectivity index (χ1) is 18.6. The van der Waals surface area contributed by atoms with Gasteiger partial charge in [0.2, 0.25) is 0 Å². The van der Waals surface area contributed by atoms with Crippen molar-refractivity contribution in [2.45, 2.75) is 6.04 Å². The second-order valence-electron chi connectivity index (χ2n) is 9.03. The maximum atomic E-state index is 14.3. The molecule has 0 aliphatic carbocycles. The van der Waals surface area contributed by atoms with E-state index >= 15 is 0 Å². The molecular weight excluding hydrogens is 540 g/mol. The first kappa shape index (κ1) is 23.9. The third-order valence-corrected chi connectivity index (χ3v) is 7.35. The summed E-state index contributed by atoms with van der Waals surface area (Å²) in [5.74, 6) is 0.296. The number of methoxy groups -OCH3 is 1. The predicted molar refractivity (Wildman–Crippen MR) is 153 cm³/mol. The number of para-hydroxylation sites is 2. The van der Waals surface area contributed by atoms with Crippen LogP contribution in [0.25, 0.3) is 6.08 Å². The maximum absolute atomic E-state index is 14.3. The highest BCUT2D eigenvalue weighted by Gasteiger charge is 2.52. The van der Waals surface area contributed by atoms with Gasteiger partial charge in [-0.2, -0.15) is 0 Å². The smallest absolute Gasteiger partial charge is 0.276 e. The van der Waals surface area contributed by atoms with Crippen LogP contribution in [0.2, 0.25) is 0 Å². The Bertz CT molecular complexity index is 1580. The summed E-state index contributed by atoms with van der Waals surface area (Å²) >= 11 is 3.52. The number of halogens is 1. The standard InChI is InChI=1S/C32H23BrN2O3/c1-38-26-18-12-21(13-19-26)20-27-28-29(22-14-16-23(33)17-15-22)34(24-8-4-2-5-9-24)32(37)30(28)35(31(27)36)25-10-6-3-7-11-25/h2-20,29H,1H3/b27-20+/t29-/m1/s1. The number of anilines is 2. The monoisotopic (exact) mass is 562 g/mol. The molecule has 0 saturated carbocycles. The average molecular weight is 563 g/mol. The van der Waals surface area contributed by atoms with E-state index < -0.39 is 6.04 Å². The van der Waals surface area contributed by atoms with E-state index in [-0.39, 0.29) is 11.8 Å². The molecule has 6 rings (SSSR count). The largest absolute Gasteiger partial charge is 0.497 e. The van der Waals surface area contributed by atoms with Crippen molar-refractivity contribution in [3.63, 3.8) is 0 Å². The molecule has 0 radical (unpaired) electrons. The van der Waals surface area contributed by atoms with Crippen molar-refractivity contribution < 1.29 is 14.3 Å². The molecule has 5 nitrogen and oxygen atoms in total. The minimum Gasteiger partial charge on any atom is -0.497 e. The lowest BCUT2D eigenvalue weighted by atomic mass is 9.93. The summed E-state index contributed by atoms with van der Waals surface area (Å²) in [7, 11) is 1.62. The number of benzene rings is 4. The normalized spacial score (nSPS) is 17.9. The fourth-order valence-electron chi connectivity index (χ4n) is 5.08. The molecule has 2 aliphatic heterocycles. The lowest BCUT2D eigenvalue weighted by Gasteiger charge is -2.30. The van der Waals surface area contributed by atoms with Crippen molar-refractivity contribution >= 4 is 45.2 Å². The van der Waals surface area contributed by atoms with E-state index in [9.17, 15) is 9.59 Å². The Labute approximate surface area is 229 Å². The number of nitrogens with zero attached hydrogens (tertiary/aromatic N) is 2. The second kappa shape index (κ2) is 9.80. The van der Waals surface area contributed by atoms with Crippen LogP contribution >= 0.6 is 15.9 Å². The van der Waals surface area contributed by atoms with Gasteiger partial charge < -0.3 is 4.74 Å². The quantitative estimate of drug-likeness (QED) is 0.248. The fourth-order valence-corrected chi connectivity index (χ4v) is 5.34. The van der Waals surface area contributed by atoms with Gasteiger partial charge in [-0.1, -0.05) is 76.6 Å². The number of ether oxygens (including phenoxy) is 1. The summed E-state index contributed by atoms with van der Waals surface area (Å²) in [6.45, 7) is 0. The third kappa shape index (κ3) is 4.03. The van der Waals surface area contributed by atoms with Gasteiger partial charge >= 0.3 is 0 Å². The van der Waals surface area contributed by atoms with Crippen LogP contribution in [0, 0.1) is 0 Å². The molecule has 0 spiro atoms. The Balaban J connectivity index is 1.59. The van der Waals surface area contributed by atoms with Crippen LogP contribution in [0.3, 0.4) is 0 Å². The van der Waals surface area contributed by atoms with Crippen molar-refractivity contribution in [1.29, 1.82) is 0 Å². The SMILES string of the molecule is COc1ccc(/C=C2/C(=O)N(c3ccccc3)C3=C2[C@@H](c2ccc(Br)cc2)N(c2ccccc2)C3=O)cc1. The average Bonchev–Trinajstić information content (AvgIpc) is 3.41.